The molecule has 0 bridgehead atoms. The Morgan fingerprint density at radius 2 is 1.09 bits per heavy atom. The fourth-order valence-corrected chi connectivity index (χ4v) is 10.9. The van der Waals surface area contributed by atoms with Crippen molar-refractivity contribution in [2.75, 3.05) is 0 Å². The Labute approximate surface area is 205 Å². The summed E-state index contributed by atoms with van der Waals surface area (Å²) in [5.74, 6) is 6.25. The second kappa shape index (κ2) is 17.0. The lowest BCUT2D eigenvalue weighted by atomic mass is 9.91. The lowest BCUT2D eigenvalue weighted by molar-refractivity contribution is 0.389. The maximum Gasteiger partial charge on any atom is 0.145 e. The first-order chi connectivity index (χ1) is 14.9. The van der Waals surface area contributed by atoms with Crippen molar-refractivity contribution in [2.24, 2.45) is 17.8 Å². The summed E-state index contributed by atoms with van der Waals surface area (Å²) in [4.78, 5) is 0. The minimum Gasteiger partial charge on any atom is -0.130 e. The van der Waals surface area contributed by atoms with Gasteiger partial charge in [-0.15, -0.1) is 11.5 Å². The van der Waals surface area contributed by atoms with E-state index in [-0.39, 0.29) is 0 Å². The Balaban J connectivity index is 4.26. The molecular formula is C31H60Si. The molecule has 2 unspecified atom stereocenters. The summed E-state index contributed by atoms with van der Waals surface area (Å²) in [7, 11) is -1.56. The Morgan fingerprint density at radius 3 is 1.53 bits per heavy atom. The number of allylic oxidation sites excluding steroid dienone is 2. The van der Waals surface area contributed by atoms with Gasteiger partial charge in [0.25, 0.3) is 0 Å². The zero-order valence-corrected chi connectivity index (χ0v) is 25.1. The van der Waals surface area contributed by atoms with Crippen LogP contribution in [0.1, 0.15) is 140 Å². The van der Waals surface area contributed by atoms with Crippen LogP contribution in [-0.2, 0) is 0 Å². The van der Waals surface area contributed by atoms with Gasteiger partial charge in [0.1, 0.15) is 8.07 Å². The lowest BCUT2D eigenvalue weighted by Crippen LogP contribution is -2.43. The summed E-state index contributed by atoms with van der Waals surface area (Å²) in [6.45, 7) is 26.3. The van der Waals surface area contributed by atoms with Crippen molar-refractivity contribution < 1.29 is 0 Å². The van der Waals surface area contributed by atoms with Gasteiger partial charge in [0.15, 0.2) is 0 Å². The minimum atomic E-state index is -1.56. The molecular weight excluding hydrogens is 400 g/mol. The molecule has 2 atom stereocenters. The molecule has 0 saturated heterocycles. The Bertz CT molecular complexity index is 533. The monoisotopic (exact) mass is 460 g/mol. The van der Waals surface area contributed by atoms with Gasteiger partial charge in [-0.2, -0.15) is 0 Å². The van der Waals surface area contributed by atoms with Gasteiger partial charge in [-0.1, -0.05) is 126 Å². The van der Waals surface area contributed by atoms with Crippen molar-refractivity contribution in [1.29, 1.82) is 0 Å². The molecule has 0 amide bonds. The van der Waals surface area contributed by atoms with E-state index in [1.807, 2.05) is 0 Å². The van der Waals surface area contributed by atoms with Crippen LogP contribution in [0.2, 0.25) is 16.6 Å². The molecule has 188 valence electrons. The highest BCUT2D eigenvalue weighted by molar-refractivity contribution is 6.90. The SMILES string of the molecule is C/C(=C\CC#C[Si](C(C)C)(C(C)C)C(C)C)CCCC(C)CCCC(C)CCCC(C)C. The summed E-state index contributed by atoms with van der Waals surface area (Å²) in [6, 6.07) is 0. The van der Waals surface area contributed by atoms with Crippen molar-refractivity contribution in [1.82, 2.24) is 0 Å². The molecule has 0 aliphatic carbocycles. The summed E-state index contributed by atoms with van der Waals surface area (Å²) in [6.07, 6.45) is 15.8. The standard InChI is InChI=1S/C31H60Si/c1-25(2)17-14-19-30(10)21-16-23-31(11)22-15-20-29(9)18-12-13-24-32(26(3)4,27(5)6)28(7)8/h18,25-28,30-31H,12,14-17,19-23H2,1-11H3/b29-18+. The van der Waals surface area contributed by atoms with Crippen LogP contribution in [0, 0.1) is 29.2 Å². The maximum absolute atomic E-state index is 3.86. The fraction of sp³-hybridized carbons (Fsp3) is 0.871. The van der Waals surface area contributed by atoms with Crippen molar-refractivity contribution in [2.45, 2.75) is 157 Å². The maximum atomic E-state index is 3.86. The van der Waals surface area contributed by atoms with Crippen LogP contribution < -0.4 is 0 Å². The average Bonchev–Trinajstić information content (AvgIpc) is 2.66. The van der Waals surface area contributed by atoms with Gasteiger partial charge < -0.3 is 0 Å². The molecule has 0 aromatic carbocycles. The van der Waals surface area contributed by atoms with Crippen LogP contribution in [0.5, 0.6) is 0 Å². The second-order valence-corrected chi connectivity index (χ2v) is 17.9. The van der Waals surface area contributed by atoms with Gasteiger partial charge in [0.05, 0.1) is 0 Å². The zero-order chi connectivity index (χ0) is 24.7. The van der Waals surface area contributed by atoms with Gasteiger partial charge in [-0.25, -0.2) is 0 Å². The van der Waals surface area contributed by atoms with Crippen LogP contribution in [0.4, 0.5) is 0 Å². The molecule has 0 aromatic rings. The van der Waals surface area contributed by atoms with E-state index in [1.54, 1.807) is 0 Å². The number of rotatable bonds is 16. The van der Waals surface area contributed by atoms with Crippen LogP contribution in [0.3, 0.4) is 0 Å². The zero-order valence-electron chi connectivity index (χ0n) is 24.1. The van der Waals surface area contributed by atoms with Gasteiger partial charge in [0, 0.05) is 6.42 Å². The first-order valence-electron chi connectivity index (χ1n) is 14.1. The highest BCUT2D eigenvalue weighted by Crippen LogP contribution is 2.40. The Kier molecular flexibility index (Phi) is 16.8. The normalized spacial score (nSPS) is 14.9. The van der Waals surface area contributed by atoms with Crippen LogP contribution in [0.25, 0.3) is 0 Å². The van der Waals surface area contributed by atoms with Crippen LogP contribution in [-0.4, -0.2) is 8.07 Å². The van der Waals surface area contributed by atoms with E-state index in [0.717, 1.165) is 40.8 Å². The summed E-state index contributed by atoms with van der Waals surface area (Å²) < 4.78 is 0. The van der Waals surface area contributed by atoms with E-state index in [9.17, 15) is 0 Å². The number of hydrogen-bond acceptors (Lipinski definition) is 0. The largest absolute Gasteiger partial charge is 0.145 e. The van der Waals surface area contributed by atoms with Crippen molar-refractivity contribution >= 4 is 8.07 Å². The Hall–Kier alpha value is -0.483. The van der Waals surface area contributed by atoms with E-state index in [0.29, 0.717) is 0 Å². The molecule has 0 aliphatic heterocycles. The third-order valence-electron chi connectivity index (χ3n) is 7.86. The average molecular weight is 461 g/mol. The van der Waals surface area contributed by atoms with Gasteiger partial charge in [-0.3, -0.25) is 0 Å². The quantitative estimate of drug-likeness (QED) is 0.122. The molecule has 0 aliphatic rings. The number of hydrogen-bond donors (Lipinski definition) is 0. The second-order valence-electron chi connectivity index (χ2n) is 12.3. The highest BCUT2D eigenvalue weighted by atomic mass is 28.3. The fourth-order valence-electron chi connectivity index (χ4n) is 5.67. The minimum absolute atomic E-state index is 0.726. The van der Waals surface area contributed by atoms with E-state index < -0.39 is 8.07 Å². The van der Waals surface area contributed by atoms with Gasteiger partial charge >= 0.3 is 0 Å². The van der Waals surface area contributed by atoms with Gasteiger partial charge in [0.2, 0.25) is 0 Å². The topological polar surface area (TPSA) is 0 Å². The molecule has 0 saturated carbocycles. The van der Waals surface area contributed by atoms with E-state index >= 15 is 0 Å². The van der Waals surface area contributed by atoms with Crippen molar-refractivity contribution in [3.05, 3.63) is 11.6 Å². The molecule has 0 fully saturated rings. The van der Waals surface area contributed by atoms with Gasteiger partial charge in [-0.05, 0) is 54.1 Å². The van der Waals surface area contributed by atoms with E-state index in [1.165, 1.54) is 63.4 Å². The molecule has 0 radical (unpaired) electrons. The molecule has 0 aromatic heterocycles. The molecule has 0 heterocycles. The summed E-state index contributed by atoms with van der Waals surface area (Å²) in [5, 5.41) is 0. The van der Waals surface area contributed by atoms with E-state index in [2.05, 4.69) is 93.7 Å². The first kappa shape index (κ1) is 31.5. The summed E-state index contributed by atoms with van der Waals surface area (Å²) >= 11 is 0. The third-order valence-corrected chi connectivity index (χ3v) is 14.2. The van der Waals surface area contributed by atoms with Crippen LogP contribution >= 0.6 is 0 Å². The summed E-state index contributed by atoms with van der Waals surface area (Å²) in [5.41, 5.74) is 7.57. The van der Waals surface area contributed by atoms with E-state index in [4.69, 9.17) is 0 Å². The molecule has 32 heavy (non-hydrogen) atoms. The molecule has 0 spiro atoms. The third kappa shape index (κ3) is 12.7. The molecule has 0 N–H and O–H groups in total. The smallest absolute Gasteiger partial charge is 0.130 e. The molecule has 0 rings (SSSR count). The Morgan fingerprint density at radius 1 is 0.656 bits per heavy atom. The predicted molar refractivity (Wildman–Crippen MR) is 152 cm³/mol. The predicted octanol–water partition coefficient (Wildman–Crippen LogP) is 11.0. The van der Waals surface area contributed by atoms with Crippen molar-refractivity contribution in [3.8, 4) is 11.5 Å². The molecule has 0 nitrogen and oxygen atoms in total. The highest BCUT2D eigenvalue weighted by Gasteiger charge is 2.41. The first-order valence-corrected chi connectivity index (χ1v) is 16.3. The van der Waals surface area contributed by atoms with Crippen molar-refractivity contribution in [3.63, 3.8) is 0 Å². The lowest BCUT2D eigenvalue weighted by Gasteiger charge is -2.38. The molecule has 1 heteroatoms. The van der Waals surface area contributed by atoms with Crippen LogP contribution in [0.15, 0.2) is 11.6 Å².